The Kier molecular flexibility index (Phi) is 6.60. The molecule has 1 fully saturated rings. The number of para-hydroxylation sites is 2. The van der Waals surface area contributed by atoms with Crippen molar-refractivity contribution in [3.63, 3.8) is 0 Å². The molecule has 1 unspecified atom stereocenters. The molecule has 0 bridgehead atoms. The molecule has 34 heavy (non-hydrogen) atoms. The van der Waals surface area contributed by atoms with E-state index in [0.717, 1.165) is 31.7 Å². The zero-order chi connectivity index (χ0) is 24.6. The smallest absolute Gasteiger partial charge is 0.418 e. The van der Waals surface area contributed by atoms with E-state index in [1.54, 1.807) is 37.7 Å². The first-order chi connectivity index (χ1) is 16.1. The van der Waals surface area contributed by atoms with Crippen molar-refractivity contribution in [1.29, 1.82) is 0 Å². The van der Waals surface area contributed by atoms with Gasteiger partial charge in [-0.2, -0.15) is 13.2 Å². The van der Waals surface area contributed by atoms with Crippen molar-refractivity contribution < 1.29 is 22.7 Å². The molecule has 0 spiro atoms. The highest BCUT2D eigenvalue weighted by atomic mass is 19.4. The predicted molar refractivity (Wildman–Crippen MR) is 127 cm³/mol. The highest BCUT2D eigenvalue weighted by Crippen LogP contribution is 2.39. The van der Waals surface area contributed by atoms with Gasteiger partial charge in [-0.05, 0) is 62.4 Å². The van der Waals surface area contributed by atoms with Crippen LogP contribution in [0.2, 0.25) is 0 Å². The average molecular weight is 474 g/mol. The summed E-state index contributed by atoms with van der Waals surface area (Å²) in [4.78, 5) is 19.2. The number of fused-ring (bicyclic) bond motifs is 1. The van der Waals surface area contributed by atoms with E-state index in [-0.39, 0.29) is 11.8 Å². The monoisotopic (exact) mass is 473 g/mol. The molecule has 182 valence electrons. The fraction of sp³-hybridized carbons (Fsp3) is 0.462. The van der Waals surface area contributed by atoms with Crippen molar-refractivity contribution in [2.45, 2.75) is 57.9 Å². The molecule has 1 aromatic heterocycles. The highest BCUT2D eigenvalue weighted by Gasteiger charge is 2.35. The quantitative estimate of drug-likeness (QED) is 0.399. The van der Waals surface area contributed by atoms with Gasteiger partial charge in [0.2, 0.25) is 0 Å². The summed E-state index contributed by atoms with van der Waals surface area (Å²) in [5.74, 6) is 0.408. The molecule has 2 aromatic carbocycles. The van der Waals surface area contributed by atoms with Crippen LogP contribution in [0.5, 0.6) is 0 Å². The van der Waals surface area contributed by atoms with Crippen LogP contribution in [0.4, 0.5) is 18.9 Å². The summed E-state index contributed by atoms with van der Waals surface area (Å²) in [5, 5.41) is 0. The SMILES string of the molecule is CC1CCC[C@H](OC(=O)[C@@H](C)n2c(-c3ccc(N(C)C)c(C(F)(F)F)c3)nc3ccccc32)C1. The van der Waals surface area contributed by atoms with Crippen LogP contribution in [0.1, 0.15) is 51.1 Å². The van der Waals surface area contributed by atoms with Crippen molar-refractivity contribution in [1.82, 2.24) is 9.55 Å². The van der Waals surface area contributed by atoms with Gasteiger partial charge >= 0.3 is 12.1 Å². The minimum absolute atomic E-state index is 0.0674. The zero-order valence-corrected chi connectivity index (χ0v) is 19.9. The molecule has 8 heteroatoms. The number of esters is 1. The van der Waals surface area contributed by atoms with E-state index in [1.165, 1.54) is 11.0 Å². The van der Waals surface area contributed by atoms with Gasteiger partial charge in [-0.15, -0.1) is 0 Å². The van der Waals surface area contributed by atoms with E-state index in [0.29, 0.717) is 28.3 Å². The lowest BCUT2D eigenvalue weighted by atomic mass is 9.89. The van der Waals surface area contributed by atoms with E-state index in [9.17, 15) is 18.0 Å². The van der Waals surface area contributed by atoms with Crippen LogP contribution >= 0.6 is 0 Å². The molecule has 3 aromatic rings. The Hall–Kier alpha value is -3.03. The van der Waals surface area contributed by atoms with Crippen LogP contribution in [-0.2, 0) is 15.7 Å². The number of carbonyl (C=O) groups is 1. The standard InChI is InChI=1S/C26H30F3N3O2/c1-16-8-7-9-19(14-16)34-25(33)17(2)32-23-11-6-5-10-21(23)30-24(32)18-12-13-22(31(3)4)20(15-18)26(27,28)29/h5-6,10-13,15-17,19H,7-9,14H2,1-4H3/t16?,17-,19+/m1/s1. The minimum atomic E-state index is -4.53. The second kappa shape index (κ2) is 9.31. The van der Waals surface area contributed by atoms with Gasteiger partial charge < -0.3 is 14.2 Å². The fourth-order valence-electron chi connectivity index (χ4n) is 4.79. The molecular formula is C26H30F3N3O2. The van der Waals surface area contributed by atoms with Crippen LogP contribution in [0.3, 0.4) is 0 Å². The molecule has 0 amide bonds. The van der Waals surface area contributed by atoms with Crippen LogP contribution in [0, 0.1) is 5.92 Å². The maximum atomic E-state index is 13.9. The van der Waals surface area contributed by atoms with Crippen LogP contribution < -0.4 is 4.90 Å². The molecular weight excluding hydrogens is 443 g/mol. The van der Waals surface area contributed by atoms with Gasteiger partial charge in [-0.25, -0.2) is 9.78 Å². The number of halogens is 3. The number of rotatable bonds is 5. The Labute approximate surface area is 197 Å². The molecule has 3 atom stereocenters. The molecule has 1 aliphatic rings. The molecule has 0 N–H and O–H groups in total. The van der Waals surface area contributed by atoms with Crippen LogP contribution in [0.25, 0.3) is 22.4 Å². The molecule has 1 heterocycles. The number of nitrogens with zero attached hydrogens (tertiary/aromatic N) is 3. The van der Waals surface area contributed by atoms with Gasteiger partial charge in [0, 0.05) is 25.3 Å². The zero-order valence-electron chi connectivity index (χ0n) is 19.9. The summed E-state index contributed by atoms with van der Waals surface area (Å²) in [6.07, 6.45) is -0.851. The number of aromatic nitrogens is 2. The first-order valence-corrected chi connectivity index (χ1v) is 11.6. The topological polar surface area (TPSA) is 47.4 Å². The molecule has 5 nitrogen and oxygen atoms in total. The third-order valence-electron chi connectivity index (χ3n) is 6.54. The van der Waals surface area contributed by atoms with Crippen molar-refractivity contribution >= 4 is 22.7 Å². The fourth-order valence-corrected chi connectivity index (χ4v) is 4.79. The number of carbonyl (C=O) groups excluding carboxylic acids is 1. The maximum Gasteiger partial charge on any atom is 0.418 e. The Morgan fingerprint density at radius 3 is 2.59 bits per heavy atom. The molecule has 0 radical (unpaired) electrons. The van der Waals surface area contributed by atoms with Gasteiger partial charge in [-0.1, -0.05) is 25.5 Å². The van der Waals surface area contributed by atoms with Crippen LogP contribution in [-0.4, -0.2) is 35.7 Å². The Morgan fingerprint density at radius 1 is 1.18 bits per heavy atom. The molecule has 1 aliphatic carbocycles. The van der Waals surface area contributed by atoms with E-state index in [4.69, 9.17) is 4.74 Å². The summed E-state index contributed by atoms with van der Waals surface area (Å²) in [7, 11) is 3.15. The number of benzene rings is 2. The summed E-state index contributed by atoms with van der Waals surface area (Å²) < 4.78 is 49.1. The van der Waals surface area contributed by atoms with Crippen molar-refractivity contribution in [2.24, 2.45) is 5.92 Å². The number of ether oxygens (including phenoxy) is 1. The van der Waals surface area contributed by atoms with Crippen molar-refractivity contribution in [3.05, 3.63) is 48.0 Å². The van der Waals surface area contributed by atoms with Gasteiger partial charge in [0.05, 0.1) is 16.6 Å². The summed E-state index contributed by atoms with van der Waals surface area (Å²) in [5.41, 5.74) is 0.885. The van der Waals surface area contributed by atoms with Gasteiger partial charge in [0.1, 0.15) is 18.0 Å². The second-order valence-electron chi connectivity index (χ2n) is 9.42. The van der Waals surface area contributed by atoms with Gasteiger partial charge in [0.25, 0.3) is 0 Å². The lowest BCUT2D eigenvalue weighted by Crippen LogP contribution is -2.28. The normalized spacial score (nSPS) is 19.7. The number of anilines is 1. The number of alkyl halides is 3. The number of hydrogen-bond acceptors (Lipinski definition) is 4. The molecule has 4 rings (SSSR count). The average Bonchev–Trinajstić information content (AvgIpc) is 3.17. The summed E-state index contributed by atoms with van der Waals surface area (Å²) in [6.45, 7) is 3.87. The lowest BCUT2D eigenvalue weighted by Gasteiger charge is -2.28. The second-order valence-corrected chi connectivity index (χ2v) is 9.42. The van der Waals surface area contributed by atoms with Crippen LogP contribution in [0.15, 0.2) is 42.5 Å². The largest absolute Gasteiger partial charge is 0.461 e. The lowest BCUT2D eigenvalue weighted by molar-refractivity contribution is -0.154. The van der Waals surface area contributed by atoms with Crippen molar-refractivity contribution in [2.75, 3.05) is 19.0 Å². The van der Waals surface area contributed by atoms with Crippen molar-refractivity contribution in [3.8, 4) is 11.4 Å². The maximum absolute atomic E-state index is 13.9. The third kappa shape index (κ3) is 4.76. The van der Waals surface area contributed by atoms with Gasteiger partial charge in [-0.3, -0.25) is 0 Å². The number of hydrogen-bond donors (Lipinski definition) is 0. The minimum Gasteiger partial charge on any atom is -0.461 e. The number of imidazole rings is 1. The van der Waals surface area contributed by atoms with E-state index < -0.39 is 23.8 Å². The highest BCUT2D eigenvalue weighted by molar-refractivity contribution is 5.85. The third-order valence-corrected chi connectivity index (χ3v) is 6.54. The Balaban J connectivity index is 1.77. The summed E-state index contributed by atoms with van der Waals surface area (Å²) >= 11 is 0. The van der Waals surface area contributed by atoms with E-state index >= 15 is 0 Å². The summed E-state index contributed by atoms with van der Waals surface area (Å²) in [6, 6.07) is 10.6. The van der Waals surface area contributed by atoms with E-state index in [2.05, 4.69) is 11.9 Å². The van der Waals surface area contributed by atoms with Gasteiger partial charge in [0.15, 0.2) is 0 Å². The molecule has 0 saturated heterocycles. The molecule has 1 saturated carbocycles. The predicted octanol–water partition coefficient (Wildman–Crippen LogP) is 6.47. The van der Waals surface area contributed by atoms with E-state index in [1.807, 2.05) is 18.2 Å². The Bertz CT molecular complexity index is 1190. The Morgan fingerprint density at radius 2 is 1.91 bits per heavy atom. The first-order valence-electron chi connectivity index (χ1n) is 11.6. The molecule has 0 aliphatic heterocycles. The first kappa shape index (κ1) is 24.1.